The molecule has 0 amide bonds. The van der Waals surface area contributed by atoms with Gasteiger partial charge < -0.3 is 4.74 Å². The Balaban J connectivity index is 1.91. The summed E-state index contributed by atoms with van der Waals surface area (Å²) >= 11 is 0. The first-order valence-electron chi connectivity index (χ1n) is 9.36. The molecular formula is C20H30N4O. The average Bonchev–Trinajstić information content (AvgIpc) is 2.87. The molecule has 2 aromatic rings. The summed E-state index contributed by atoms with van der Waals surface area (Å²) in [4.78, 5) is 7.37. The van der Waals surface area contributed by atoms with Crippen molar-refractivity contribution in [3.8, 4) is 0 Å². The molecule has 1 fully saturated rings. The first-order valence-corrected chi connectivity index (χ1v) is 9.36. The van der Waals surface area contributed by atoms with Crippen LogP contribution < -0.4 is 0 Å². The van der Waals surface area contributed by atoms with E-state index in [9.17, 15) is 0 Å². The minimum Gasteiger partial charge on any atom is -0.384 e. The Labute approximate surface area is 151 Å². The van der Waals surface area contributed by atoms with Crippen LogP contribution in [0.5, 0.6) is 0 Å². The summed E-state index contributed by atoms with van der Waals surface area (Å²) in [6, 6.07) is 8.89. The maximum atomic E-state index is 5.22. The molecule has 5 nitrogen and oxygen atoms in total. The van der Waals surface area contributed by atoms with Gasteiger partial charge in [0.05, 0.1) is 19.2 Å². The normalized spacial score (nSPS) is 19.1. The lowest BCUT2D eigenvalue weighted by molar-refractivity contribution is 0.200. The second-order valence-corrected chi connectivity index (χ2v) is 7.06. The SMILES string of the molecule is COCCc1nc([C@H]2CCCCCN2C)n(Cc2ccccc2C)n1. The zero-order valence-corrected chi connectivity index (χ0v) is 15.7. The summed E-state index contributed by atoms with van der Waals surface area (Å²) < 4.78 is 7.34. The van der Waals surface area contributed by atoms with E-state index in [-0.39, 0.29) is 0 Å². The lowest BCUT2D eigenvalue weighted by Gasteiger charge is -2.25. The van der Waals surface area contributed by atoms with Crippen LogP contribution in [0.1, 0.15) is 54.5 Å². The molecule has 1 saturated heterocycles. The summed E-state index contributed by atoms with van der Waals surface area (Å²) in [6.45, 7) is 4.74. The van der Waals surface area contributed by atoms with E-state index in [0.29, 0.717) is 12.6 Å². The van der Waals surface area contributed by atoms with Gasteiger partial charge in [-0.15, -0.1) is 0 Å². The van der Waals surface area contributed by atoms with Crippen LogP contribution in [0.15, 0.2) is 24.3 Å². The Bertz CT molecular complexity index is 682. The predicted octanol–water partition coefficient (Wildman–Crippen LogP) is 3.37. The van der Waals surface area contributed by atoms with Gasteiger partial charge in [0.1, 0.15) is 5.82 Å². The van der Waals surface area contributed by atoms with Crippen molar-refractivity contribution in [3.05, 3.63) is 47.0 Å². The number of rotatable bonds is 6. The number of aromatic nitrogens is 3. The third-order valence-corrected chi connectivity index (χ3v) is 5.17. The molecule has 3 rings (SSSR count). The van der Waals surface area contributed by atoms with E-state index < -0.39 is 0 Å². The molecule has 0 bridgehead atoms. The predicted molar refractivity (Wildman–Crippen MR) is 99.7 cm³/mol. The summed E-state index contributed by atoms with van der Waals surface area (Å²) in [5.74, 6) is 2.00. The largest absolute Gasteiger partial charge is 0.384 e. The van der Waals surface area contributed by atoms with E-state index in [2.05, 4.69) is 47.8 Å². The molecule has 25 heavy (non-hydrogen) atoms. The van der Waals surface area contributed by atoms with E-state index in [4.69, 9.17) is 14.8 Å². The smallest absolute Gasteiger partial charge is 0.153 e. The molecule has 1 aromatic heterocycles. The van der Waals surface area contributed by atoms with Gasteiger partial charge in [-0.2, -0.15) is 5.10 Å². The van der Waals surface area contributed by atoms with Gasteiger partial charge in [-0.3, -0.25) is 4.90 Å². The molecule has 1 atom stereocenters. The van der Waals surface area contributed by atoms with Crippen molar-refractivity contribution >= 4 is 0 Å². The number of likely N-dealkylation sites (tertiary alicyclic amines) is 1. The maximum Gasteiger partial charge on any atom is 0.153 e. The monoisotopic (exact) mass is 342 g/mol. The fourth-order valence-electron chi connectivity index (χ4n) is 3.59. The Kier molecular flexibility index (Phi) is 6.21. The molecule has 1 aliphatic rings. The summed E-state index contributed by atoms with van der Waals surface area (Å²) in [7, 11) is 3.95. The third-order valence-electron chi connectivity index (χ3n) is 5.17. The van der Waals surface area contributed by atoms with Crippen molar-refractivity contribution in [1.29, 1.82) is 0 Å². The second-order valence-electron chi connectivity index (χ2n) is 7.06. The van der Waals surface area contributed by atoms with Gasteiger partial charge >= 0.3 is 0 Å². The Morgan fingerprint density at radius 2 is 2.04 bits per heavy atom. The van der Waals surface area contributed by atoms with E-state index in [1.54, 1.807) is 7.11 Å². The van der Waals surface area contributed by atoms with Crippen molar-refractivity contribution in [2.75, 3.05) is 27.3 Å². The minimum atomic E-state index is 0.357. The quantitative estimate of drug-likeness (QED) is 0.807. The van der Waals surface area contributed by atoms with E-state index >= 15 is 0 Å². The van der Waals surface area contributed by atoms with Gasteiger partial charge in [0.25, 0.3) is 0 Å². The molecule has 136 valence electrons. The van der Waals surface area contributed by atoms with Crippen LogP contribution in [-0.2, 0) is 17.7 Å². The average molecular weight is 342 g/mol. The summed E-state index contributed by atoms with van der Waals surface area (Å²) in [6.07, 6.45) is 5.77. The standard InChI is InChI=1S/C20H30N4O/c1-16-9-6-7-10-17(16)15-24-20(21-19(22-24)12-14-25-3)18-11-5-4-8-13-23(18)2/h6-7,9-10,18H,4-5,8,11-15H2,1-3H3/t18-/m1/s1. The molecule has 0 aliphatic carbocycles. The van der Waals surface area contributed by atoms with Crippen molar-refractivity contribution in [2.45, 2.75) is 51.6 Å². The third kappa shape index (κ3) is 4.47. The molecular weight excluding hydrogens is 312 g/mol. The summed E-state index contributed by atoms with van der Waals surface area (Å²) in [5.41, 5.74) is 2.61. The van der Waals surface area contributed by atoms with Crippen LogP contribution in [0.4, 0.5) is 0 Å². The molecule has 0 N–H and O–H groups in total. The molecule has 5 heteroatoms. The first-order chi connectivity index (χ1) is 12.2. The fourth-order valence-corrected chi connectivity index (χ4v) is 3.59. The molecule has 0 saturated carbocycles. The number of hydrogen-bond donors (Lipinski definition) is 0. The lowest BCUT2D eigenvalue weighted by Crippen LogP contribution is -2.27. The van der Waals surface area contributed by atoms with Gasteiger partial charge in [-0.25, -0.2) is 9.67 Å². The highest BCUT2D eigenvalue weighted by molar-refractivity contribution is 5.26. The topological polar surface area (TPSA) is 43.2 Å². The van der Waals surface area contributed by atoms with Crippen molar-refractivity contribution in [2.24, 2.45) is 0 Å². The van der Waals surface area contributed by atoms with Crippen molar-refractivity contribution in [1.82, 2.24) is 19.7 Å². The highest BCUT2D eigenvalue weighted by atomic mass is 16.5. The number of nitrogens with zero attached hydrogens (tertiary/aromatic N) is 4. The molecule has 0 radical (unpaired) electrons. The van der Waals surface area contributed by atoms with Gasteiger partial charge in [-0.05, 0) is 44.5 Å². The number of benzene rings is 1. The molecule has 1 aromatic carbocycles. The number of aryl methyl sites for hydroxylation is 1. The lowest BCUT2D eigenvalue weighted by atomic mass is 10.1. The number of hydrogen-bond acceptors (Lipinski definition) is 4. The summed E-state index contributed by atoms with van der Waals surface area (Å²) in [5, 5.41) is 4.82. The Hall–Kier alpha value is -1.72. The van der Waals surface area contributed by atoms with Crippen LogP contribution in [-0.4, -0.2) is 47.0 Å². The van der Waals surface area contributed by atoms with E-state index in [0.717, 1.165) is 37.6 Å². The highest BCUT2D eigenvalue weighted by Gasteiger charge is 2.25. The van der Waals surface area contributed by atoms with E-state index in [1.807, 2.05) is 0 Å². The molecule has 0 spiro atoms. The highest BCUT2D eigenvalue weighted by Crippen LogP contribution is 2.28. The number of methoxy groups -OCH3 is 1. The van der Waals surface area contributed by atoms with Crippen molar-refractivity contribution in [3.63, 3.8) is 0 Å². The minimum absolute atomic E-state index is 0.357. The van der Waals surface area contributed by atoms with Crippen LogP contribution in [0.2, 0.25) is 0 Å². The Morgan fingerprint density at radius 1 is 1.20 bits per heavy atom. The van der Waals surface area contributed by atoms with Gasteiger partial charge in [0, 0.05) is 13.5 Å². The van der Waals surface area contributed by atoms with Crippen molar-refractivity contribution < 1.29 is 4.74 Å². The second kappa shape index (κ2) is 8.59. The zero-order valence-electron chi connectivity index (χ0n) is 15.7. The molecule has 2 heterocycles. The van der Waals surface area contributed by atoms with Gasteiger partial charge in [-0.1, -0.05) is 37.1 Å². The molecule has 1 aliphatic heterocycles. The Morgan fingerprint density at radius 3 is 2.84 bits per heavy atom. The van der Waals surface area contributed by atoms with Crippen LogP contribution in [0.3, 0.4) is 0 Å². The van der Waals surface area contributed by atoms with Gasteiger partial charge in [0.2, 0.25) is 0 Å². The van der Waals surface area contributed by atoms with Crippen LogP contribution in [0.25, 0.3) is 0 Å². The van der Waals surface area contributed by atoms with Crippen LogP contribution in [0, 0.1) is 6.92 Å². The fraction of sp³-hybridized carbons (Fsp3) is 0.600. The zero-order chi connectivity index (χ0) is 17.6. The number of ether oxygens (including phenoxy) is 1. The molecule has 0 unspecified atom stereocenters. The van der Waals surface area contributed by atoms with E-state index in [1.165, 1.54) is 30.4 Å². The maximum absolute atomic E-state index is 5.22. The first kappa shape index (κ1) is 18.1. The van der Waals surface area contributed by atoms with Crippen LogP contribution >= 0.6 is 0 Å². The van der Waals surface area contributed by atoms with Gasteiger partial charge in [0.15, 0.2) is 5.82 Å².